The number of esters is 1. The highest BCUT2D eigenvalue weighted by Crippen LogP contribution is 2.37. The van der Waals surface area contributed by atoms with E-state index in [2.05, 4.69) is 5.32 Å². The zero-order chi connectivity index (χ0) is 20.2. The van der Waals surface area contributed by atoms with E-state index in [1.165, 1.54) is 0 Å². The maximum absolute atomic E-state index is 12.3. The van der Waals surface area contributed by atoms with E-state index in [0.717, 1.165) is 30.6 Å². The van der Waals surface area contributed by atoms with Crippen molar-refractivity contribution in [1.82, 2.24) is 10.2 Å². The molecule has 1 saturated heterocycles. The molecule has 0 aromatic carbocycles. The Hall–Kier alpha value is -2.43. The van der Waals surface area contributed by atoms with Gasteiger partial charge in [-0.2, -0.15) is 5.26 Å². The number of rotatable bonds is 7. The first-order valence-corrected chi connectivity index (χ1v) is 9.42. The fourth-order valence-corrected chi connectivity index (χ4v) is 3.50. The average Bonchev–Trinajstić information content (AvgIpc) is 2.89. The van der Waals surface area contributed by atoms with Gasteiger partial charge in [0.1, 0.15) is 5.54 Å². The summed E-state index contributed by atoms with van der Waals surface area (Å²) in [7, 11) is 0. The van der Waals surface area contributed by atoms with Crippen molar-refractivity contribution in [2.45, 2.75) is 58.4 Å². The maximum atomic E-state index is 12.3. The minimum absolute atomic E-state index is 0.0208. The van der Waals surface area contributed by atoms with Crippen molar-refractivity contribution in [3.63, 3.8) is 0 Å². The molecule has 0 aromatic heterocycles. The number of hydrogen-bond donors (Lipinski definition) is 1. The van der Waals surface area contributed by atoms with Gasteiger partial charge >= 0.3 is 5.97 Å². The van der Waals surface area contributed by atoms with Gasteiger partial charge in [-0.15, -0.1) is 0 Å². The lowest BCUT2D eigenvalue weighted by molar-refractivity contribution is -0.150. The Morgan fingerprint density at radius 3 is 2.30 bits per heavy atom. The highest BCUT2D eigenvalue weighted by molar-refractivity contribution is 6.05. The summed E-state index contributed by atoms with van der Waals surface area (Å²) >= 11 is 0. The monoisotopic (exact) mass is 377 g/mol. The van der Waals surface area contributed by atoms with E-state index >= 15 is 0 Å². The molecule has 8 heteroatoms. The lowest BCUT2D eigenvalue weighted by Crippen LogP contribution is -2.50. The third kappa shape index (κ3) is 4.65. The van der Waals surface area contributed by atoms with Crippen LogP contribution in [0.2, 0.25) is 0 Å². The molecule has 0 unspecified atom stereocenters. The third-order valence-electron chi connectivity index (χ3n) is 5.62. The summed E-state index contributed by atoms with van der Waals surface area (Å²) in [5.74, 6) is -2.23. The van der Waals surface area contributed by atoms with Crippen LogP contribution in [0, 0.1) is 29.1 Å². The van der Waals surface area contributed by atoms with Gasteiger partial charge < -0.3 is 10.1 Å². The van der Waals surface area contributed by atoms with Gasteiger partial charge in [-0.05, 0) is 25.7 Å². The second-order valence-electron chi connectivity index (χ2n) is 7.75. The van der Waals surface area contributed by atoms with E-state index in [1.807, 2.05) is 6.07 Å². The molecule has 1 heterocycles. The van der Waals surface area contributed by atoms with E-state index in [-0.39, 0.29) is 42.5 Å². The molecule has 2 rings (SSSR count). The molecular formula is C19H27N3O5. The van der Waals surface area contributed by atoms with Crippen molar-refractivity contribution in [1.29, 1.82) is 5.26 Å². The normalized spacial score (nSPS) is 24.2. The van der Waals surface area contributed by atoms with Crippen molar-refractivity contribution >= 4 is 23.7 Å². The zero-order valence-electron chi connectivity index (χ0n) is 16.1. The molecule has 1 N–H and O–H groups in total. The van der Waals surface area contributed by atoms with Crippen molar-refractivity contribution in [2.24, 2.45) is 17.8 Å². The topological polar surface area (TPSA) is 117 Å². The lowest BCUT2D eigenvalue weighted by Gasteiger charge is -2.27. The molecule has 0 aromatic rings. The predicted octanol–water partition coefficient (Wildman–Crippen LogP) is 1.15. The summed E-state index contributed by atoms with van der Waals surface area (Å²) in [6, 6.07) is 2.04. The number of ether oxygens (including phenoxy) is 1. The average molecular weight is 377 g/mol. The Morgan fingerprint density at radius 2 is 1.81 bits per heavy atom. The Labute approximate surface area is 159 Å². The Bertz CT molecular complexity index is 645. The number of imide groups is 1. The molecule has 3 atom stereocenters. The second-order valence-corrected chi connectivity index (χ2v) is 7.75. The molecule has 0 bridgehead atoms. The first kappa shape index (κ1) is 20.9. The molecule has 3 amide bonds. The molecule has 2 aliphatic rings. The summed E-state index contributed by atoms with van der Waals surface area (Å²) in [5, 5.41) is 11.7. The molecule has 27 heavy (non-hydrogen) atoms. The number of hydrogen-bond acceptors (Lipinski definition) is 6. The van der Waals surface area contributed by atoms with E-state index < -0.39 is 24.0 Å². The summed E-state index contributed by atoms with van der Waals surface area (Å²) in [4.78, 5) is 49.6. The third-order valence-corrected chi connectivity index (χ3v) is 5.62. The summed E-state index contributed by atoms with van der Waals surface area (Å²) < 4.78 is 4.91. The largest absolute Gasteiger partial charge is 0.456 e. The standard InChI is InChI=1S/C19H27N3O5/c1-12(2)19(3,11-20)21-15(23)10-27-16(24)8-9-22-17(25)13-6-4-5-7-14(13)18(22)26/h12-14H,4-10H2,1-3H3,(H,21,23)/t13-,14+,19-/m1/s1. The molecular weight excluding hydrogens is 350 g/mol. The van der Waals surface area contributed by atoms with E-state index in [9.17, 15) is 24.4 Å². The van der Waals surface area contributed by atoms with Crippen LogP contribution in [0.5, 0.6) is 0 Å². The van der Waals surface area contributed by atoms with Crippen LogP contribution in [-0.4, -0.2) is 47.3 Å². The first-order valence-electron chi connectivity index (χ1n) is 9.42. The van der Waals surface area contributed by atoms with Crippen LogP contribution in [0.15, 0.2) is 0 Å². The van der Waals surface area contributed by atoms with Gasteiger partial charge in [-0.3, -0.25) is 24.1 Å². The molecule has 1 saturated carbocycles. The molecule has 8 nitrogen and oxygen atoms in total. The van der Waals surface area contributed by atoms with Gasteiger partial charge in [0.15, 0.2) is 6.61 Å². The fourth-order valence-electron chi connectivity index (χ4n) is 3.50. The number of likely N-dealkylation sites (tertiary alicyclic amines) is 1. The van der Waals surface area contributed by atoms with E-state index in [1.54, 1.807) is 20.8 Å². The fraction of sp³-hybridized carbons (Fsp3) is 0.737. The smallest absolute Gasteiger partial charge is 0.308 e. The van der Waals surface area contributed by atoms with Gasteiger partial charge in [-0.1, -0.05) is 26.7 Å². The predicted molar refractivity (Wildman–Crippen MR) is 94.7 cm³/mol. The highest BCUT2D eigenvalue weighted by atomic mass is 16.5. The van der Waals surface area contributed by atoms with Crippen molar-refractivity contribution in [3.8, 4) is 6.07 Å². The zero-order valence-corrected chi connectivity index (χ0v) is 16.1. The van der Waals surface area contributed by atoms with Crippen LogP contribution >= 0.6 is 0 Å². The number of nitrogens with zero attached hydrogens (tertiary/aromatic N) is 2. The van der Waals surface area contributed by atoms with Crippen molar-refractivity contribution in [2.75, 3.05) is 13.2 Å². The van der Waals surface area contributed by atoms with Gasteiger partial charge in [0.05, 0.1) is 24.3 Å². The number of nitriles is 1. The van der Waals surface area contributed by atoms with Gasteiger partial charge in [-0.25, -0.2) is 0 Å². The molecule has 148 valence electrons. The van der Waals surface area contributed by atoms with E-state index in [0.29, 0.717) is 0 Å². The Balaban J connectivity index is 1.78. The summed E-state index contributed by atoms with van der Waals surface area (Å²) in [6.45, 7) is 4.68. The van der Waals surface area contributed by atoms with Gasteiger partial charge in [0.2, 0.25) is 11.8 Å². The van der Waals surface area contributed by atoms with Crippen LogP contribution in [0.4, 0.5) is 0 Å². The number of amides is 3. The minimum atomic E-state index is -1.05. The van der Waals surface area contributed by atoms with Crippen LogP contribution < -0.4 is 5.32 Å². The van der Waals surface area contributed by atoms with E-state index in [4.69, 9.17) is 4.74 Å². The molecule has 0 radical (unpaired) electrons. The highest BCUT2D eigenvalue weighted by Gasteiger charge is 2.47. The number of carbonyl (C=O) groups excluding carboxylic acids is 4. The Kier molecular flexibility index (Phi) is 6.58. The van der Waals surface area contributed by atoms with Crippen LogP contribution in [0.1, 0.15) is 52.9 Å². The van der Waals surface area contributed by atoms with Gasteiger partial charge in [0.25, 0.3) is 5.91 Å². The minimum Gasteiger partial charge on any atom is -0.456 e. The Morgan fingerprint density at radius 1 is 1.26 bits per heavy atom. The molecule has 0 spiro atoms. The van der Waals surface area contributed by atoms with Crippen LogP contribution in [0.25, 0.3) is 0 Å². The van der Waals surface area contributed by atoms with Crippen LogP contribution in [0.3, 0.4) is 0 Å². The van der Waals surface area contributed by atoms with Gasteiger partial charge in [0, 0.05) is 6.54 Å². The SMILES string of the molecule is CC(C)[C@@](C)(C#N)NC(=O)COC(=O)CCN1C(=O)[C@H]2CCCC[C@H]2C1=O. The molecule has 1 aliphatic heterocycles. The number of fused-ring (bicyclic) bond motifs is 1. The quantitative estimate of drug-likeness (QED) is 0.525. The second kappa shape index (κ2) is 8.51. The van der Waals surface area contributed by atoms with Crippen molar-refractivity contribution < 1.29 is 23.9 Å². The van der Waals surface area contributed by atoms with Crippen LogP contribution in [-0.2, 0) is 23.9 Å². The lowest BCUT2D eigenvalue weighted by atomic mass is 9.81. The summed E-state index contributed by atoms with van der Waals surface area (Å²) in [5.41, 5.74) is -1.05. The number of nitrogens with one attached hydrogen (secondary N) is 1. The molecule has 1 aliphatic carbocycles. The molecule has 2 fully saturated rings. The van der Waals surface area contributed by atoms with Crippen molar-refractivity contribution in [3.05, 3.63) is 0 Å². The summed E-state index contributed by atoms with van der Waals surface area (Å²) in [6.07, 6.45) is 3.20. The first-order chi connectivity index (χ1) is 12.7. The maximum Gasteiger partial charge on any atom is 0.308 e. The number of carbonyl (C=O) groups is 4.